The Morgan fingerprint density at radius 1 is 1.33 bits per heavy atom. The molecule has 4 nitrogen and oxygen atoms in total. The van der Waals surface area contributed by atoms with Gasteiger partial charge < -0.3 is 21.3 Å². The van der Waals surface area contributed by atoms with Crippen LogP contribution in [-0.4, -0.2) is 28.9 Å². The molecule has 0 saturated heterocycles. The largest absolute Gasteiger partial charge is 0.506 e. The summed E-state index contributed by atoms with van der Waals surface area (Å²) in [5, 5.41) is 22.1. The first-order chi connectivity index (χ1) is 7.83. The predicted molar refractivity (Wildman–Crippen MR) is 77.3 cm³/mol. The van der Waals surface area contributed by atoms with Gasteiger partial charge in [-0.1, -0.05) is 6.07 Å². The first kappa shape index (κ1) is 17.0. The van der Waals surface area contributed by atoms with Gasteiger partial charge in [0.1, 0.15) is 5.75 Å². The molecule has 0 aliphatic carbocycles. The fourth-order valence-electron chi connectivity index (χ4n) is 1.54. The molecule has 0 saturated carbocycles. The number of halogens is 1. The molecule has 0 radical (unpaired) electrons. The average Bonchev–Trinajstić information content (AvgIpc) is 2.22. The summed E-state index contributed by atoms with van der Waals surface area (Å²) in [5.74, 6) is 0.0614. The minimum Gasteiger partial charge on any atom is -0.506 e. The lowest BCUT2D eigenvalue weighted by Gasteiger charge is -2.24. The molecule has 0 spiro atoms. The maximum atomic E-state index is 9.39. The van der Waals surface area contributed by atoms with Crippen molar-refractivity contribution in [3.63, 3.8) is 0 Å². The number of phenolic OH excluding ortho intramolecular Hbond substituents is 1. The predicted octanol–water partition coefficient (Wildman–Crippen LogP) is 1.86. The molecular formula is C13H23ClN2O2. The van der Waals surface area contributed by atoms with E-state index in [2.05, 4.69) is 26.1 Å². The fraction of sp³-hybridized carbons (Fsp3) is 0.538. The van der Waals surface area contributed by atoms with Gasteiger partial charge in [-0.05, 0) is 38.5 Å². The Labute approximate surface area is 115 Å². The number of hydrogen-bond acceptors (Lipinski definition) is 4. The molecule has 0 aliphatic heterocycles. The van der Waals surface area contributed by atoms with Crippen LogP contribution in [0.2, 0.25) is 0 Å². The Balaban J connectivity index is 0.00000289. The highest BCUT2D eigenvalue weighted by atomic mass is 35.5. The number of benzene rings is 1. The van der Waals surface area contributed by atoms with Gasteiger partial charge in [0.2, 0.25) is 0 Å². The molecule has 0 aromatic heterocycles. The standard InChI is InChI=1S/C13H22N2O2.ClH/c1-13(2,3)15-7-10(8-16)9-4-5-12(17)11(14)6-9;/h4-6,10,15-17H,7-8,14H2,1-3H3;1H. The molecule has 0 heterocycles. The van der Waals surface area contributed by atoms with Crippen molar-refractivity contribution < 1.29 is 10.2 Å². The molecular weight excluding hydrogens is 252 g/mol. The summed E-state index contributed by atoms with van der Waals surface area (Å²) in [7, 11) is 0. The second kappa shape index (κ2) is 6.83. The smallest absolute Gasteiger partial charge is 0.138 e. The molecule has 18 heavy (non-hydrogen) atoms. The third-order valence-corrected chi connectivity index (χ3v) is 2.62. The highest BCUT2D eigenvalue weighted by Crippen LogP contribution is 2.25. The number of rotatable bonds is 4. The number of nitrogens with one attached hydrogen (secondary N) is 1. The maximum Gasteiger partial charge on any atom is 0.138 e. The van der Waals surface area contributed by atoms with Crippen LogP contribution in [0.3, 0.4) is 0 Å². The van der Waals surface area contributed by atoms with E-state index < -0.39 is 0 Å². The zero-order valence-corrected chi connectivity index (χ0v) is 11.9. The number of nitrogen functional groups attached to an aromatic ring is 1. The molecule has 0 fully saturated rings. The molecule has 1 rings (SSSR count). The molecule has 0 bridgehead atoms. The van der Waals surface area contributed by atoms with Gasteiger partial charge in [0.25, 0.3) is 0 Å². The zero-order chi connectivity index (χ0) is 13.1. The van der Waals surface area contributed by atoms with Gasteiger partial charge in [-0.2, -0.15) is 0 Å². The second-order valence-corrected chi connectivity index (χ2v) is 5.33. The lowest BCUT2D eigenvalue weighted by molar-refractivity contribution is 0.252. The minimum absolute atomic E-state index is 0. The van der Waals surface area contributed by atoms with Gasteiger partial charge in [0.05, 0.1) is 12.3 Å². The minimum atomic E-state index is -0.0166. The number of anilines is 1. The summed E-state index contributed by atoms with van der Waals surface area (Å²) < 4.78 is 0. The van der Waals surface area contributed by atoms with Crippen molar-refractivity contribution >= 4 is 18.1 Å². The van der Waals surface area contributed by atoms with Crippen LogP contribution < -0.4 is 11.1 Å². The van der Waals surface area contributed by atoms with Crippen molar-refractivity contribution in [2.75, 3.05) is 18.9 Å². The van der Waals surface area contributed by atoms with Gasteiger partial charge in [-0.25, -0.2) is 0 Å². The third-order valence-electron chi connectivity index (χ3n) is 2.62. The maximum absolute atomic E-state index is 9.39. The topological polar surface area (TPSA) is 78.5 Å². The number of aromatic hydroxyl groups is 1. The number of nitrogens with two attached hydrogens (primary N) is 1. The molecule has 1 aromatic carbocycles. The second-order valence-electron chi connectivity index (χ2n) is 5.33. The van der Waals surface area contributed by atoms with Crippen LogP contribution >= 0.6 is 12.4 Å². The lowest BCUT2D eigenvalue weighted by atomic mass is 9.97. The van der Waals surface area contributed by atoms with E-state index in [0.717, 1.165) is 5.56 Å². The normalized spacial score (nSPS) is 12.9. The summed E-state index contributed by atoms with van der Waals surface area (Å²) in [5.41, 5.74) is 6.93. The van der Waals surface area contributed by atoms with E-state index in [1.807, 2.05) is 0 Å². The van der Waals surface area contributed by atoms with E-state index in [1.54, 1.807) is 18.2 Å². The van der Waals surface area contributed by atoms with Crippen LogP contribution in [0.5, 0.6) is 5.75 Å². The van der Waals surface area contributed by atoms with E-state index in [0.29, 0.717) is 12.2 Å². The van der Waals surface area contributed by atoms with Crippen LogP contribution in [0, 0.1) is 0 Å². The monoisotopic (exact) mass is 274 g/mol. The highest BCUT2D eigenvalue weighted by Gasteiger charge is 2.16. The van der Waals surface area contributed by atoms with Crippen LogP contribution in [0.25, 0.3) is 0 Å². The van der Waals surface area contributed by atoms with Crippen LogP contribution in [0.15, 0.2) is 18.2 Å². The SMILES string of the molecule is CC(C)(C)NCC(CO)c1ccc(O)c(N)c1.Cl. The van der Waals surface area contributed by atoms with Crippen molar-refractivity contribution in [2.24, 2.45) is 0 Å². The quantitative estimate of drug-likeness (QED) is 0.499. The van der Waals surface area contributed by atoms with Crippen molar-refractivity contribution in [2.45, 2.75) is 32.2 Å². The van der Waals surface area contributed by atoms with Gasteiger partial charge >= 0.3 is 0 Å². The summed E-state index contributed by atoms with van der Waals surface area (Å²) in [4.78, 5) is 0. The van der Waals surface area contributed by atoms with E-state index in [1.165, 1.54) is 0 Å². The number of phenols is 1. The molecule has 1 aromatic rings. The van der Waals surface area contributed by atoms with Crippen LogP contribution in [-0.2, 0) is 0 Å². The lowest BCUT2D eigenvalue weighted by Crippen LogP contribution is -2.39. The van der Waals surface area contributed by atoms with E-state index in [4.69, 9.17) is 5.73 Å². The van der Waals surface area contributed by atoms with Crippen molar-refractivity contribution in [1.82, 2.24) is 5.32 Å². The van der Waals surface area contributed by atoms with Gasteiger partial charge in [0, 0.05) is 18.0 Å². The van der Waals surface area contributed by atoms with E-state index in [-0.39, 0.29) is 36.2 Å². The Kier molecular flexibility index (Phi) is 6.46. The Hall–Kier alpha value is -0.970. The summed E-state index contributed by atoms with van der Waals surface area (Å²) in [6, 6.07) is 5.06. The third kappa shape index (κ3) is 5.12. The van der Waals surface area contributed by atoms with Gasteiger partial charge in [-0.3, -0.25) is 0 Å². The number of hydrogen-bond donors (Lipinski definition) is 4. The Morgan fingerprint density at radius 3 is 2.39 bits per heavy atom. The molecule has 5 N–H and O–H groups in total. The van der Waals surface area contributed by atoms with Gasteiger partial charge in [-0.15, -0.1) is 12.4 Å². The van der Waals surface area contributed by atoms with Crippen molar-refractivity contribution in [1.29, 1.82) is 0 Å². The first-order valence-corrected chi connectivity index (χ1v) is 5.78. The zero-order valence-electron chi connectivity index (χ0n) is 11.1. The van der Waals surface area contributed by atoms with Crippen molar-refractivity contribution in [3.8, 4) is 5.75 Å². The number of aliphatic hydroxyl groups is 1. The summed E-state index contributed by atoms with van der Waals surface area (Å²) in [6.07, 6.45) is 0. The molecule has 1 atom stereocenters. The van der Waals surface area contributed by atoms with E-state index >= 15 is 0 Å². The van der Waals surface area contributed by atoms with E-state index in [9.17, 15) is 10.2 Å². The molecule has 0 aliphatic rings. The Morgan fingerprint density at radius 2 is 1.94 bits per heavy atom. The summed E-state index contributed by atoms with van der Waals surface area (Å²) >= 11 is 0. The molecule has 1 unspecified atom stereocenters. The van der Waals surface area contributed by atoms with Gasteiger partial charge in [0.15, 0.2) is 0 Å². The molecule has 5 heteroatoms. The fourth-order valence-corrected chi connectivity index (χ4v) is 1.54. The first-order valence-electron chi connectivity index (χ1n) is 5.78. The van der Waals surface area contributed by atoms with Crippen LogP contribution in [0.4, 0.5) is 5.69 Å². The van der Waals surface area contributed by atoms with Crippen molar-refractivity contribution in [3.05, 3.63) is 23.8 Å². The Bertz CT molecular complexity index is 378. The van der Waals surface area contributed by atoms with Crippen LogP contribution in [0.1, 0.15) is 32.3 Å². The molecule has 104 valence electrons. The molecule has 0 amide bonds. The number of aliphatic hydroxyl groups excluding tert-OH is 1. The average molecular weight is 275 g/mol. The highest BCUT2D eigenvalue weighted by molar-refractivity contribution is 5.85. The summed E-state index contributed by atoms with van der Waals surface area (Å²) in [6.45, 7) is 6.95.